The van der Waals surface area contributed by atoms with Gasteiger partial charge in [0.15, 0.2) is 0 Å². The Hall–Kier alpha value is 0.530. The predicted octanol–water partition coefficient (Wildman–Crippen LogP) is 0.649. The van der Waals surface area contributed by atoms with Gasteiger partial charge in [-0.2, -0.15) is 0 Å². The van der Waals surface area contributed by atoms with E-state index in [1.54, 1.807) is 0 Å². The van der Waals surface area contributed by atoms with E-state index in [1.165, 1.54) is 0 Å². The Morgan fingerprint density at radius 3 is 1.94 bits per heavy atom. The molecule has 0 aliphatic rings. The fourth-order valence-corrected chi connectivity index (χ4v) is 4.48. The van der Waals surface area contributed by atoms with Gasteiger partial charge in [-0.25, -0.2) is 0 Å². The minimum absolute atomic E-state index is 0.257. The number of nitrogens with zero attached hydrogens (tertiary/aromatic N) is 2. The molecular weight excluding hydrogens is 350 g/mol. The van der Waals surface area contributed by atoms with Gasteiger partial charge in [0.25, 0.3) is 0 Å². The van der Waals surface area contributed by atoms with Crippen molar-refractivity contribution in [3.05, 3.63) is 0 Å². The molecule has 0 heterocycles. The molecule has 0 fully saturated rings. The molecular formula is C11H23IN2O2P-. The first-order chi connectivity index (χ1) is 7.69. The topological polar surface area (TPSA) is 45.5 Å². The second-order valence-electron chi connectivity index (χ2n) is 5.24. The van der Waals surface area contributed by atoms with Crippen molar-refractivity contribution < 1.29 is 29.0 Å². The zero-order valence-electron chi connectivity index (χ0n) is 11.7. The molecule has 0 spiro atoms. The van der Waals surface area contributed by atoms with Crippen LogP contribution in [0.15, 0.2) is 0 Å². The summed E-state index contributed by atoms with van der Waals surface area (Å²) in [4.78, 5) is 0. The SMILES string of the molecule is CC(C)N(C(C)C)P(O[I-]C#N)OC(C)(C)C. The van der Waals surface area contributed by atoms with Crippen LogP contribution in [0.1, 0.15) is 48.5 Å². The Labute approximate surface area is 117 Å². The monoisotopic (exact) mass is 373 g/mol. The van der Waals surface area contributed by atoms with Crippen LogP contribution in [0.25, 0.3) is 0 Å². The van der Waals surface area contributed by atoms with Gasteiger partial charge in [-0.1, -0.05) is 0 Å². The first kappa shape index (κ1) is 17.5. The summed E-state index contributed by atoms with van der Waals surface area (Å²) in [6.45, 7) is 14.5. The van der Waals surface area contributed by atoms with Crippen molar-refractivity contribution in [1.82, 2.24) is 4.67 Å². The molecule has 102 valence electrons. The molecule has 1 atom stereocenters. The van der Waals surface area contributed by atoms with Crippen molar-refractivity contribution >= 4 is 8.53 Å². The Morgan fingerprint density at radius 2 is 1.65 bits per heavy atom. The van der Waals surface area contributed by atoms with Crippen molar-refractivity contribution in [2.24, 2.45) is 0 Å². The van der Waals surface area contributed by atoms with E-state index < -0.39 is 30.1 Å². The van der Waals surface area contributed by atoms with Crippen molar-refractivity contribution in [2.75, 3.05) is 0 Å². The van der Waals surface area contributed by atoms with Crippen molar-refractivity contribution in [1.29, 1.82) is 5.26 Å². The zero-order valence-corrected chi connectivity index (χ0v) is 14.7. The summed E-state index contributed by atoms with van der Waals surface area (Å²) in [7, 11) is -1.14. The van der Waals surface area contributed by atoms with Crippen LogP contribution >= 0.6 is 8.53 Å². The van der Waals surface area contributed by atoms with Gasteiger partial charge in [0.05, 0.1) is 0 Å². The molecule has 0 aliphatic heterocycles. The number of rotatable bonds is 6. The van der Waals surface area contributed by atoms with Crippen molar-refractivity contribution in [3.8, 4) is 4.08 Å². The molecule has 6 heteroatoms. The first-order valence-corrected chi connectivity index (χ1v) is 8.75. The van der Waals surface area contributed by atoms with E-state index in [4.69, 9.17) is 12.6 Å². The van der Waals surface area contributed by atoms with Crippen LogP contribution in [0.5, 0.6) is 0 Å². The molecule has 0 aliphatic carbocycles. The van der Waals surface area contributed by atoms with Crippen LogP contribution in [0.2, 0.25) is 0 Å². The summed E-state index contributed by atoms with van der Waals surface area (Å²) in [6.07, 6.45) is 0. The molecule has 17 heavy (non-hydrogen) atoms. The average Bonchev–Trinajstić information content (AvgIpc) is 2.10. The van der Waals surface area contributed by atoms with E-state index in [9.17, 15) is 0 Å². The minimum atomic E-state index is -1.14. The van der Waals surface area contributed by atoms with E-state index in [0.29, 0.717) is 12.1 Å². The van der Waals surface area contributed by atoms with Gasteiger partial charge in [-0.05, 0) is 0 Å². The molecule has 0 amide bonds. The van der Waals surface area contributed by atoms with Gasteiger partial charge in [-0.15, -0.1) is 0 Å². The van der Waals surface area contributed by atoms with Gasteiger partial charge < -0.3 is 0 Å². The number of nitriles is 1. The summed E-state index contributed by atoms with van der Waals surface area (Å²) in [6, 6.07) is 0.678. The second kappa shape index (κ2) is 7.85. The maximum absolute atomic E-state index is 8.68. The molecule has 1 unspecified atom stereocenters. The Kier molecular flexibility index (Phi) is 8.10. The third-order valence-electron chi connectivity index (χ3n) is 1.73. The van der Waals surface area contributed by atoms with Gasteiger partial charge in [0.2, 0.25) is 0 Å². The van der Waals surface area contributed by atoms with Crippen molar-refractivity contribution in [2.45, 2.75) is 66.2 Å². The molecule has 0 bridgehead atoms. The van der Waals surface area contributed by atoms with Crippen LogP contribution in [0, 0.1) is 9.34 Å². The molecule has 0 saturated heterocycles. The Balaban J connectivity index is 4.80. The third kappa shape index (κ3) is 7.53. The molecule has 0 aromatic heterocycles. The van der Waals surface area contributed by atoms with Gasteiger partial charge >= 0.3 is 118 Å². The molecule has 0 N–H and O–H groups in total. The maximum atomic E-state index is 8.68. The zero-order chi connectivity index (χ0) is 13.6. The van der Waals surface area contributed by atoms with Gasteiger partial charge in [0.1, 0.15) is 0 Å². The van der Waals surface area contributed by atoms with E-state index in [2.05, 4.69) is 36.4 Å². The number of hydrogen-bond acceptors (Lipinski definition) is 4. The predicted molar refractivity (Wildman–Crippen MR) is 66.6 cm³/mol. The second-order valence-corrected chi connectivity index (χ2v) is 8.60. The molecule has 0 aromatic carbocycles. The van der Waals surface area contributed by atoms with Crippen LogP contribution < -0.4 is 21.6 Å². The third-order valence-corrected chi connectivity index (χ3v) is 5.72. The summed E-state index contributed by atoms with van der Waals surface area (Å²) in [5.41, 5.74) is -0.257. The van der Waals surface area contributed by atoms with Crippen LogP contribution in [0.4, 0.5) is 0 Å². The van der Waals surface area contributed by atoms with E-state index in [1.807, 2.05) is 20.8 Å². The van der Waals surface area contributed by atoms with E-state index >= 15 is 0 Å². The molecule has 0 radical (unpaired) electrons. The van der Waals surface area contributed by atoms with E-state index in [0.717, 1.165) is 0 Å². The van der Waals surface area contributed by atoms with Crippen molar-refractivity contribution in [3.63, 3.8) is 0 Å². The standard InChI is InChI=1S/C11H23IN2O2P/c1-9(2)14(10(3)4)17(16-12-8-13)15-11(5,6)7/h9-10H,1-7H3/q-1. The fraction of sp³-hybridized carbons (Fsp3) is 0.909. The molecule has 0 saturated carbocycles. The van der Waals surface area contributed by atoms with Crippen LogP contribution in [0.3, 0.4) is 0 Å². The van der Waals surface area contributed by atoms with E-state index in [-0.39, 0.29) is 5.60 Å². The summed E-state index contributed by atoms with van der Waals surface area (Å²) in [5.74, 6) is 0. The first-order valence-electron chi connectivity index (χ1n) is 5.66. The van der Waals surface area contributed by atoms with Gasteiger partial charge in [0, 0.05) is 0 Å². The molecule has 4 nitrogen and oxygen atoms in total. The molecule has 0 aromatic rings. The van der Waals surface area contributed by atoms with Crippen LogP contribution in [-0.2, 0) is 7.38 Å². The number of halogens is 1. The fourth-order valence-electron chi connectivity index (χ4n) is 1.35. The quantitative estimate of drug-likeness (QED) is 0.507. The van der Waals surface area contributed by atoms with Gasteiger partial charge in [-0.3, -0.25) is 0 Å². The Morgan fingerprint density at radius 1 is 1.18 bits per heavy atom. The van der Waals surface area contributed by atoms with Crippen LogP contribution in [-0.4, -0.2) is 22.4 Å². The average molecular weight is 373 g/mol. The molecule has 0 rings (SSSR count). The normalized spacial score (nSPS) is 14.6. The Bertz CT molecular complexity index is 253. The summed E-state index contributed by atoms with van der Waals surface area (Å²) in [5, 5.41) is 8.68. The number of hydrogen-bond donors (Lipinski definition) is 0. The summed E-state index contributed by atoms with van der Waals surface area (Å²) >= 11 is -0.884. The summed E-state index contributed by atoms with van der Waals surface area (Å²) < 4.78 is 16.0.